The van der Waals surface area contributed by atoms with E-state index in [2.05, 4.69) is 10.3 Å². The molecule has 0 spiro atoms. The Kier molecular flexibility index (Phi) is 4.71. The van der Waals surface area contributed by atoms with E-state index in [-0.39, 0.29) is 11.6 Å². The van der Waals surface area contributed by atoms with Gasteiger partial charge in [-0.25, -0.2) is 4.98 Å². The molecule has 0 bridgehead atoms. The number of aromatic nitrogens is 1. The van der Waals surface area contributed by atoms with E-state index in [1.165, 1.54) is 23.9 Å². The van der Waals surface area contributed by atoms with E-state index in [0.29, 0.717) is 16.5 Å². The normalized spacial score (nSPS) is 12.1. The number of rotatable bonds is 5. The lowest BCUT2D eigenvalue weighted by molar-refractivity contribution is -0.384. The number of nitro benzene ring substituents is 1. The molecule has 3 aromatic rings. The zero-order valence-electron chi connectivity index (χ0n) is 13.6. The third kappa shape index (κ3) is 3.80. The molecule has 0 saturated carbocycles. The van der Waals surface area contributed by atoms with Crippen LogP contribution in [0.25, 0.3) is 11.1 Å². The number of anilines is 1. The number of carbonyl (C=O) groups is 1. The number of carbonyl (C=O) groups excluding carboxylic acids is 1. The summed E-state index contributed by atoms with van der Waals surface area (Å²) in [4.78, 5) is 27.1. The van der Waals surface area contributed by atoms with Crippen molar-refractivity contribution in [2.75, 3.05) is 5.32 Å². The fraction of sp³-hybridized carbons (Fsp3) is 0.176. The summed E-state index contributed by atoms with van der Waals surface area (Å²) >= 11 is 1.19. The number of nitro groups is 1. The Morgan fingerprint density at radius 2 is 2.08 bits per heavy atom. The fourth-order valence-corrected chi connectivity index (χ4v) is 2.96. The number of hydrogen-bond acceptors (Lipinski definition) is 6. The van der Waals surface area contributed by atoms with Crippen molar-refractivity contribution in [2.24, 2.45) is 0 Å². The number of benzene rings is 2. The lowest BCUT2D eigenvalue weighted by Crippen LogP contribution is -2.22. The molecule has 8 heteroatoms. The van der Waals surface area contributed by atoms with Crippen LogP contribution in [-0.4, -0.2) is 21.1 Å². The van der Waals surface area contributed by atoms with Crippen molar-refractivity contribution < 1.29 is 14.1 Å². The second-order valence-corrected chi connectivity index (χ2v) is 6.75. The van der Waals surface area contributed by atoms with E-state index in [1.807, 2.05) is 24.3 Å². The van der Waals surface area contributed by atoms with Gasteiger partial charge in [-0.15, -0.1) is 0 Å². The second kappa shape index (κ2) is 6.94. The van der Waals surface area contributed by atoms with Crippen molar-refractivity contribution in [1.82, 2.24) is 4.98 Å². The second-order valence-electron chi connectivity index (χ2n) is 5.45. The minimum absolute atomic E-state index is 0.0693. The van der Waals surface area contributed by atoms with Crippen LogP contribution in [-0.2, 0) is 4.79 Å². The van der Waals surface area contributed by atoms with E-state index in [4.69, 9.17) is 4.42 Å². The minimum atomic E-state index is -0.494. The van der Waals surface area contributed by atoms with Gasteiger partial charge in [-0.3, -0.25) is 14.9 Å². The molecule has 0 saturated heterocycles. The third-order valence-corrected chi connectivity index (χ3v) is 4.55. The number of amides is 1. The molecular formula is C17H15N3O4S. The largest absolute Gasteiger partial charge is 0.431 e. The van der Waals surface area contributed by atoms with Gasteiger partial charge in [0.15, 0.2) is 5.58 Å². The number of non-ortho nitro benzene ring substituents is 1. The highest BCUT2D eigenvalue weighted by atomic mass is 32.2. The molecule has 0 fully saturated rings. The highest BCUT2D eigenvalue weighted by Gasteiger charge is 2.19. The molecule has 1 aromatic heterocycles. The minimum Gasteiger partial charge on any atom is -0.431 e. The molecule has 0 aliphatic carbocycles. The van der Waals surface area contributed by atoms with Crippen molar-refractivity contribution in [2.45, 2.75) is 24.3 Å². The molecule has 1 heterocycles. The fourth-order valence-electron chi connectivity index (χ4n) is 2.20. The number of thioether (sulfide) groups is 1. The van der Waals surface area contributed by atoms with Gasteiger partial charge in [0.1, 0.15) is 5.52 Å². The summed E-state index contributed by atoms with van der Waals surface area (Å²) in [5.74, 6) is -0.282. The maximum Gasteiger partial charge on any atom is 0.271 e. The standard InChI is InChI=1S/C17H15N3O4S/c1-10-7-8-12(20(22)23)9-14(10)18-16(21)11(2)25-17-19-13-5-3-4-6-15(13)24-17/h3-9,11H,1-2H3,(H,18,21). The molecule has 1 amide bonds. The Balaban J connectivity index is 1.72. The average Bonchev–Trinajstić information content (AvgIpc) is 2.98. The number of hydrogen-bond donors (Lipinski definition) is 1. The smallest absolute Gasteiger partial charge is 0.271 e. The van der Waals surface area contributed by atoms with Crippen LogP contribution in [0.5, 0.6) is 0 Å². The first kappa shape index (κ1) is 17.0. The van der Waals surface area contributed by atoms with E-state index < -0.39 is 10.2 Å². The molecule has 128 valence electrons. The van der Waals surface area contributed by atoms with Gasteiger partial charge in [-0.05, 0) is 31.5 Å². The summed E-state index contributed by atoms with van der Waals surface area (Å²) < 4.78 is 5.60. The maximum absolute atomic E-state index is 12.4. The number of nitrogens with zero attached hydrogens (tertiary/aromatic N) is 2. The van der Waals surface area contributed by atoms with Crippen LogP contribution in [0.3, 0.4) is 0 Å². The van der Waals surface area contributed by atoms with Crippen molar-refractivity contribution in [3.8, 4) is 0 Å². The number of aryl methyl sites for hydroxylation is 1. The van der Waals surface area contributed by atoms with Crippen LogP contribution in [0.2, 0.25) is 0 Å². The van der Waals surface area contributed by atoms with Crippen molar-refractivity contribution in [3.05, 3.63) is 58.1 Å². The summed E-state index contributed by atoms with van der Waals surface area (Å²) in [7, 11) is 0. The van der Waals surface area contributed by atoms with Gasteiger partial charge in [-0.1, -0.05) is 30.0 Å². The molecule has 0 radical (unpaired) electrons. The monoisotopic (exact) mass is 357 g/mol. The number of fused-ring (bicyclic) bond motifs is 1. The SMILES string of the molecule is Cc1ccc([N+](=O)[O-])cc1NC(=O)C(C)Sc1nc2ccccc2o1. The molecule has 2 aromatic carbocycles. The Labute approximate surface area is 147 Å². The zero-order valence-corrected chi connectivity index (χ0v) is 14.4. The molecule has 7 nitrogen and oxygen atoms in total. The molecule has 1 N–H and O–H groups in total. The predicted octanol–water partition coefficient (Wildman–Crippen LogP) is 4.16. The van der Waals surface area contributed by atoms with E-state index in [1.54, 1.807) is 19.9 Å². The van der Waals surface area contributed by atoms with Crippen molar-refractivity contribution >= 4 is 40.1 Å². The van der Waals surface area contributed by atoms with Crippen molar-refractivity contribution in [1.29, 1.82) is 0 Å². The van der Waals surface area contributed by atoms with Crippen molar-refractivity contribution in [3.63, 3.8) is 0 Å². The molecule has 1 unspecified atom stereocenters. The van der Waals surface area contributed by atoms with Gasteiger partial charge in [0.2, 0.25) is 5.91 Å². The van der Waals surface area contributed by atoms with E-state index in [9.17, 15) is 14.9 Å². The summed E-state index contributed by atoms with van der Waals surface area (Å²) in [5, 5.41) is 13.5. The Hall–Kier alpha value is -2.87. The van der Waals surface area contributed by atoms with Gasteiger partial charge in [0.05, 0.1) is 15.9 Å². The molecule has 0 aliphatic heterocycles. The number of para-hydroxylation sites is 2. The first-order chi connectivity index (χ1) is 11.9. The van der Waals surface area contributed by atoms with Crippen LogP contribution in [0.4, 0.5) is 11.4 Å². The molecule has 1 atom stereocenters. The van der Waals surface area contributed by atoms with Gasteiger partial charge in [-0.2, -0.15) is 0 Å². The number of nitrogens with one attached hydrogen (secondary N) is 1. The average molecular weight is 357 g/mol. The quantitative estimate of drug-likeness (QED) is 0.418. The molecular weight excluding hydrogens is 342 g/mol. The maximum atomic E-state index is 12.4. The molecule has 0 aliphatic rings. The van der Waals surface area contributed by atoms with Gasteiger partial charge in [0, 0.05) is 12.1 Å². The van der Waals surface area contributed by atoms with Crippen LogP contribution >= 0.6 is 11.8 Å². The number of oxazole rings is 1. The van der Waals surface area contributed by atoms with Crippen LogP contribution in [0, 0.1) is 17.0 Å². The predicted molar refractivity (Wildman–Crippen MR) is 95.8 cm³/mol. The Morgan fingerprint density at radius 3 is 2.80 bits per heavy atom. The lowest BCUT2D eigenvalue weighted by atomic mass is 10.2. The van der Waals surface area contributed by atoms with Gasteiger partial charge < -0.3 is 9.73 Å². The van der Waals surface area contributed by atoms with Crippen LogP contribution in [0.1, 0.15) is 12.5 Å². The highest BCUT2D eigenvalue weighted by Crippen LogP contribution is 2.28. The Morgan fingerprint density at radius 1 is 1.32 bits per heavy atom. The van der Waals surface area contributed by atoms with Crippen LogP contribution < -0.4 is 5.32 Å². The zero-order chi connectivity index (χ0) is 18.0. The van der Waals surface area contributed by atoms with E-state index >= 15 is 0 Å². The topological polar surface area (TPSA) is 98.3 Å². The summed E-state index contributed by atoms with van der Waals surface area (Å²) in [6.07, 6.45) is 0. The summed E-state index contributed by atoms with van der Waals surface area (Å²) in [6.45, 7) is 3.50. The first-order valence-corrected chi connectivity index (χ1v) is 8.40. The third-order valence-electron chi connectivity index (χ3n) is 3.61. The highest BCUT2D eigenvalue weighted by molar-refractivity contribution is 8.00. The van der Waals surface area contributed by atoms with E-state index in [0.717, 1.165) is 11.1 Å². The molecule has 25 heavy (non-hydrogen) atoms. The first-order valence-electron chi connectivity index (χ1n) is 7.52. The van der Waals surface area contributed by atoms with Gasteiger partial charge >= 0.3 is 0 Å². The van der Waals surface area contributed by atoms with Gasteiger partial charge in [0.25, 0.3) is 10.9 Å². The lowest BCUT2D eigenvalue weighted by Gasteiger charge is -2.11. The van der Waals surface area contributed by atoms with Crippen LogP contribution in [0.15, 0.2) is 52.1 Å². The Bertz CT molecular complexity index is 921. The summed E-state index contributed by atoms with van der Waals surface area (Å²) in [6, 6.07) is 11.7. The molecule has 3 rings (SSSR count). The summed E-state index contributed by atoms with van der Waals surface area (Å²) in [5.41, 5.74) is 2.49.